The molecule has 4 aromatic carbocycles. The summed E-state index contributed by atoms with van der Waals surface area (Å²) < 4.78 is 7.56. The Kier molecular flexibility index (Phi) is 7.70. The van der Waals surface area contributed by atoms with E-state index in [1.807, 2.05) is 68.4 Å². The van der Waals surface area contributed by atoms with Crippen LogP contribution in [0.1, 0.15) is 22.3 Å². The van der Waals surface area contributed by atoms with Gasteiger partial charge in [-0.1, -0.05) is 48.5 Å². The molecule has 0 heterocycles. The highest BCUT2D eigenvalue weighted by Gasteiger charge is 2.13. The predicted octanol–water partition coefficient (Wildman–Crippen LogP) is 8.11. The number of carbonyl (C=O) groups excluding carboxylic acids is 1. The molecule has 0 aliphatic carbocycles. The molecule has 0 atom stereocenters. The molecule has 35 heavy (non-hydrogen) atoms. The minimum atomic E-state index is -0.459. The van der Waals surface area contributed by atoms with Crippen LogP contribution in [0.25, 0.3) is 16.8 Å². The number of carbonyl (C=O) groups is 1. The summed E-state index contributed by atoms with van der Waals surface area (Å²) in [4.78, 5) is 12.7. The summed E-state index contributed by atoms with van der Waals surface area (Å²) in [5.41, 5.74) is 4.63. The summed E-state index contributed by atoms with van der Waals surface area (Å²) in [6.07, 6.45) is 1.56. The first-order valence-corrected chi connectivity index (χ1v) is 12.5. The topological polar surface area (TPSA) is 62.1 Å². The smallest absolute Gasteiger partial charge is 0.266 e. The largest absolute Gasteiger partial charge is 0.487 e. The second kappa shape index (κ2) is 10.9. The standard InChI is InChI=1S/C29H22Br2N2O2/c1-18-10-11-24(12-19(18)2)33-29(34)23(16-32)13-20-14-26(30)28(27(31)15-20)35-17-22-8-5-7-21-6-3-4-9-25(21)22/h3-15H,17H2,1-2H3,(H,33,34)/b23-13+. The molecule has 0 bridgehead atoms. The molecule has 0 fully saturated rings. The predicted molar refractivity (Wildman–Crippen MR) is 148 cm³/mol. The minimum Gasteiger partial charge on any atom is -0.487 e. The van der Waals surface area contributed by atoms with E-state index in [4.69, 9.17) is 4.74 Å². The SMILES string of the molecule is Cc1ccc(NC(=O)/C(C#N)=C/c2cc(Br)c(OCc3cccc4ccccc34)c(Br)c2)cc1C. The number of halogens is 2. The van der Waals surface area contributed by atoms with Gasteiger partial charge >= 0.3 is 0 Å². The van der Waals surface area contributed by atoms with E-state index in [0.29, 0.717) is 32.6 Å². The van der Waals surface area contributed by atoms with Crippen LogP contribution in [0.5, 0.6) is 5.75 Å². The Bertz CT molecular complexity index is 1470. The number of nitrogens with one attached hydrogen (secondary N) is 1. The number of rotatable bonds is 6. The third kappa shape index (κ3) is 5.82. The molecule has 0 unspecified atom stereocenters. The van der Waals surface area contributed by atoms with Crippen LogP contribution in [0.15, 0.2) is 87.3 Å². The van der Waals surface area contributed by atoms with Crippen LogP contribution in [0, 0.1) is 25.2 Å². The summed E-state index contributed by atoms with van der Waals surface area (Å²) in [5.74, 6) is 0.187. The molecule has 4 aromatic rings. The van der Waals surface area contributed by atoms with Crippen molar-refractivity contribution in [1.82, 2.24) is 0 Å². The Morgan fingerprint density at radius 2 is 1.69 bits per heavy atom. The number of fused-ring (bicyclic) bond motifs is 1. The van der Waals surface area contributed by atoms with E-state index >= 15 is 0 Å². The molecule has 0 aromatic heterocycles. The quantitative estimate of drug-likeness (QED) is 0.182. The second-order valence-corrected chi connectivity index (χ2v) is 9.87. The fraction of sp³-hybridized carbons (Fsp3) is 0.103. The van der Waals surface area contributed by atoms with Gasteiger partial charge in [0.05, 0.1) is 8.95 Å². The zero-order valence-corrected chi connectivity index (χ0v) is 22.4. The van der Waals surface area contributed by atoms with Crippen LogP contribution in [-0.2, 0) is 11.4 Å². The van der Waals surface area contributed by atoms with E-state index in [9.17, 15) is 10.1 Å². The molecular formula is C29H22Br2N2O2. The van der Waals surface area contributed by atoms with Crippen LogP contribution >= 0.6 is 31.9 Å². The number of benzene rings is 4. The Balaban J connectivity index is 1.53. The fourth-order valence-corrected chi connectivity index (χ4v) is 5.15. The number of aryl methyl sites for hydroxylation is 2. The maximum absolute atomic E-state index is 12.7. The van der Waals surface area contributed by atoms with E-state index < -0.39 is 5.91 Å². The zero-order valence-electron chi connectivity index (χ0n) is 19.2. The Hall–Kier alpha value is -3.40. The highest BCUT2D eigenvalue weighted by Crippen LogP contribution is 2.36. The first-order valence-electron chi connectivity index (χ1n) is 10.9. The van der Waals surface area contributed by atoms with Gasteiger partial charge in [-0.3, -0.25) is 4.79 Å². The van der Waals surface area contributed by atoms with Gasteiger partial charge in [0.15, 0.2) is 0 Å². The van der Waals surface area contributed by atoms with Crippen LogP contribution in [0.2, 0.25) is 0 Å². The van der Waals surface area contributed by atoms with Gasteiger partial charge in [0.25, 0.3) is 5.91 Å². The first-order chi connectivity index (χ1) is 16.9. The number of amides is 1. The maximum Gasteiger partial charge on any atom is 0.266 e. The molecule has 6 heteroatoms. The van der Waals surface area contributed by atoms with Crippen molar-refractivity contribution in [3.05, 3.63) is 110 Å². The van der Waals surface area contributed by atoms with Crippen molar-refractivity contribution in [2.45, 2.75) is 20.5 Å². The van der Waals surface area contributed by atoms with Crippen molar-refractivity contribution >= 4 is 60.3 Å². The molecule has 1 N–H and O–H groups in total. The lowest BCUT2D eigenvalue weighted by Crippen LogP contribution is -2.13. The summed E-state index contributed by atoms with van der Waals surface area (Å²) in [5, 5.41) is 14.7. The lowest BCUT2D eigenvalue weighted by molar-refractivity contribution is -0.112. The van der Waals surface area contributed by atoms with Gasteiger partial charge in [0.1, 0.15) is 24.0 Å². The molecule has 174 valence electrons. The van der Waals surface area contributed by atoms with Crippen molar-refractivity contribution in [2.75, 3.05) is 5.32 Å². The molecule has 0 saturated carbocycles. The normalized spacial score (nSPS) is 11.2. The van der Waals surface area contributed by atoms with E-state index in [2.05, 4.69) is 61.4 Å². The third-order valence-corrected chi connectivity index (χ3v) is 6.89. The number of hydrogen-bond donors (Lipinski definition) is 1. The average Bonchev–Trinajstić information content (AvgIpc) is 2.84. The number of anilines is 1. The summed E-state index contributed by atoms with van der Waals surface area (Å²) >= 11 is 7.14. The lowest BCUT2D eigenvalue weighted by Gasteiger charge is -2.13. The van der Waals surface area contributed by atoms with Crippen LogP contribution in [0.3, 0.4) is 0 Å². The monoisotopic (exact) mass is 588 g/mol. The van der Waals surface area contributed by atoms with Crippen LogP contribution < -0.4 is 10.1 Å². The number of nitriles is 1. The molecule has 0 aliphatic rings. The van der Waals surface area contributed by atoms with Crippen molar-refractivity contribution in [2.24, 2.45) is 0 Å². The van der Waals surface area contributed by atoms with Crippen molar-refractivity contribution < 1.29 is 9.53 Å². The minimum absolute atomic E-state index is 0.00597. The summed E-state index contributed by atoms with van der Waals surface area (Å²) in [6.45, 7) is 4.38. The van der Waals surface area contributed by atoms with E-state index in [0.717, 1.165) is 27.5 Å². The van der Waals surface area contributed by atoms with Gasteiger partial charge in [0.2, 0.25) is 0 Å². The Morgan fingerprint density at radius 3 is 2.40 bits per heavy atom. The molecular weight excluding hydrogens is 568 g/mol. The number of nitrogens with zero attached hydrogens (tertiary/aromatic N) is 1. The summed E-state index contributed by atoms with van der Waals surface area (Å²) in [7, 11) is 0. The lowest BCUT2D eigenvalue weighted by atomic mass is 10.1. The third-order valence-electron chi connectivity index (χ3n) is 5.71. The highest BCUT2D eigenvalue weighted by atomic mass is 79.9. The van der Waals surface area contributed by atoms with Gasteiger partial charge in [-0.05, 0) is 109 Å². The molecule has 4 nitrogen and oxygen atoms in total. The van der Waals surface area contributed by atoms with Gasteiger partial charge in [0, 0.05) is 5.69 Å². The number of hydrogen-bond acceptors (Lipinski definition) is 3. The summed E-state index contributed by atoms with van der Waals surface area (Å²) in [6, 6.07) is 25.6. The molecule has 4 rings (SSSR count). The van der Waals surface area contributed by atoms with Crippen molar-refractivity contribution in [1.29, 1.82) is 5.26 Å². The van der Waals surface area contributed by atoms with Crippen LogP contribution in [0.4, 0.5) is 5.69 Å². The van der Waals surface area contributed by atoms with Gasteiger partial charge in [-0.25, -0.2) is 0 Å². The second-order valence-electron chi connectivity index (χ2n) is 8.16. The maximum atomic E-state index is 12.7. The zero-order chi connectivity index (χ0) is 24.9. The number of ether oxygens (including phenoxy) is 1. The van der Waals surface area contributed by atoms with E-state index in [1.165, 1.54) is 0 Å². The Labute approximate surface area is 221 Å². The van der Waals surface area contributed by atoms with Crippen LogP contribution in [-0.4, -0.2) is 5.91 Å². The van der Waals surface area contributed by atoms with Crippen molar-refractivity contribution in [3.63, 3.8) is 0 Å². The van der Waals surface area contributed by atoms with Gasteiger partial charge in [-0.2, -0.15) is 5.26 Å². The fourth-order valence-electron chi connectivity index (χ4n) is 3.70. The molecule has 0 saturated heterocycles. The first kappa shape index (κ1) is 24.7. The molecule has 1 amide bonds. The molecule has 0 spiro atoms. The Morgan fingerprint density at radius 1 is 0.971 bits per heavy atom. The van der Waals surface area contributed by atoms with Gasteiger partial charge in [-0.15, -0.1) is 0 Å². The van der Waals surface area contributed by atoms with E-state index in [-0.39, 0.29) is 5.57 Å². The van der Waals surface area contributed by atoms with E-state index in [1.54, 1.807) is 6.08 Å². The molecule has 0 aliphatic heterocycles. The highest BCUT2D eigenvalue weighted by molar-refractivity contribution is 9.11. The molecule has 0 radical (unpaired) electrons. The van der Waals surface area contributed by atoms with Crippen molar-refractivity contribution in [3.8, 4) is 11.8 Å². The van der Waals surface area contributed by atoms with Gasteiger partial charge < -0.3 is 10.1 Å². The average molecular weight is 590 g/mol.